The van der Waals surface area contributed by atoms with Crippen molar-refractivity contribution in [2.45, 2.75) is 20.8 Å². The van der Waals surface area contributed by atoms with Crippen molar-refractivity contribution < 1.29 is 19.1 Å². The molecule has 0 unspecified atom stereocenters. The van der Waals surface area contributed by atoms with E-state index in [1.54, 1.807) is 29.2 Å². The second kappa shape index (κ2) is 11.0. The second-order valence-corrected chi connectivity index (χ2v) is 10.0. The molecule has 6 nitrogen and oxygen atoms in total. The van der Waals surface area contributed by atoms with Crippen LogP contribution in [0.4, 0.5) is 11.4 Å². The number of nitrogens with zero attached hydrogens (tertiary/aromatic N) is 1. The van der Waals surface area contributed by atoms with Gasteiger partial charge in [-0.25, -0.2) is 0 Å². The lowest BCUT2D eigenvalue weighted by Gasteiger charge is -2.15. The molecule has 1 heterocycles. The number of nitrogens with one attached hydrogen (secondary N) is 1. The van der Waals surface area contributed by atoms with Crippen molar-refractivity contribution in [2.75, 3.05) is 23.9 Å². The minimum atomic E-state index is -0.265. The maximum absolute atomic E-state index is 13.1. The van der Waals surface area contributed by atoms with E-state index in [0.717, 1.165) is 33.6 Å². The maximum Gasteiger partial charge on any atom is 0.270 e. The fourth-order valence-corrected chi connectivity index (χ4v) is 5.13. The molecule has 0 bridgehead atoms. The van der Waals surface area contributed by atoms with Gasteiger partial charge < -0.3 is 14.8 Å². The number of carbonyl (C=O) groups is 2. The van der Waals surface area contributed by atoms with Gasteiger partial charge in [0.25, 0.3) is 11.8 Å². The van der Waals surface area contributed by atoms with Gasteiger partial charge in [-0.2, -0.15) is 0 Å². The quantitative estimate of drug-likeness (QED) is 0.304. The molecule has 1 aliphatic heterocycles. The molecule has 184 valence electrons. The molecule has 8 heteroatoms. The van der Waals surface area contributed by atoms with Crippen LogP contribution in [0.25, 0.3) is 6.08 Å². The zero-order valence-electron chi connectivity index (χ0n) is 20.5. The van der Waals surface area contributed by atoms with Gasteiger partial charge in [-0.15, -0.1) is 0 Å². The van der Waals surface area contributed by atoms with E-state index >= 15 is 0 Å². The van der Waals surface area contributed by atoms with Crippen molar-refractivity contribution in [3.63, 3.8) is 0 Å². The third kappa shape index (κ3) is 5.61. The summed E-state index contributed by atoms with van der Waals surface area (Å²) < 4.78 is 11.7. The van der Waals surface area contributed by atoms with Crippen LogP contribution in [-0.2, 0) is 9.59 Å². The van der Waals surface area contributed by atoms with Crippen LogP contribution < -0.4 is 19.7 Å². The first-order chi connectivity index (χ1) is 17.3. The molecule has 36 heavy (non-hydrogen) atoms. The summed E-state index contributed by atoms with van der Waals surface area (Å²) in [5.41, 5.74) is 5.31. The molecule has 0 spiro atoms. The van der Waals surface area contributed by atoms with Gasteiger partial charge in [0.2, 0.25) is 0 Å². The summed E-state index contributed by atoms with van der Waals surface area (Å²) in [6.07, 6.45) is 1.77. The fourth-order valence-electron chi connectivity index (χ4n) is 3.83. The zero-order chi connectivity index (χ0) is 25.8. The highest BCUT2D eigenvalue weighted by Crippen LogP contribution is 2.37. The van der Waals surface area contributed by atoms with E-state index in [-0.39, 0.29) is 18.4 Å². The first-order valence-corrected chi connectivity index (χ1v) is 12.5. The topological polar surface area (TPSA) is 67.9 Å². The molecule has 2 amide bonds. The predicted molar refractivity (Wildman–Crippen MR) is 150 cm³/mol. The third-order valence-corrected chi connectivity index (χ3v) is 6.95. The highest BCUT2D eigenvalue weighted by atomic mass is 32.2. The van der Waals surface area contributed by atoms with E-state index in [1.807, 2.05) is 63.2 Å². The van der Waals surface area contributed by atoms with Crippen molar-refractivity contribution in [3.05, 3.63) is 87.8 Å². The monoisotopic (exact) mass is 518 g/mol. The molecule has 3 aromatic rings. The van der Waals surface area contributed by atoms with E-state index < -0.39 is 0 Å². The molecule has 0 atom stereocenters. The summed E-state index contributed by atoms with van der Waals surface area (Å²) in [4.78, 5) is 27.6. The lowest BCUT2D eigenvalue weighted by Crippen LogP contribution is -2.27. The number of rotatable bonds is 7. The average molecular weight is 519 g/mol. The Kier molecular flexibility index (Phi) is 7.76. The molecular weight excluding hydrogens is 492 g/mol. The van der Waals surface area contributed by atoms with Crippen molar-refractivity contribution >= 4 is 57.6 Å². The van der Waals surface area contributed by atoms with Gasteiger partial charge in [0.15, 0.2) is 22.4 Å². The Morgan fingerprint density at radius 3 is 2.44 bits per heavy atom. The Morgan fingerprint density at radius 2 is 1.75 bits per heavy atom. The number of hydrogen-bond acceptors (Lipinski definition) is 6. The fraction of sp³-hybridized carbons (Fsp3) is 0.179. The lowest BCUT2D eigenvalue weighted by atomic mass is 10.1. The van der Waals surface area contributed by atoms with Gasteiger partial charge in [0.1, 0.15) is 0 Å². The SMILES string of the molecule is COc1cc(/C=C2\SC(=S)N(c3cccc(C)c3)C2=O)ccc1OCC(=O)Nc1c(C)cccc1C. The van der Waals surface area contributed by atoms with E-state index in [4.69, 9.17) is 21.7 Å². The lowest BCUT2D eigenvalue weighted by molar-refractivity contribution is -0.118. The number of para-hydroxylation sites is 1. The van der Waals surface area contributed by atoms with E-state index in [0.29, 0.717) is 20.7 Å². The number of hydrogen-bond donors (Lipinski definition) is 1. The first-order valence-electron chi connectivity index (χ1n) is 11.3. The van der Waals surface area contributed by atoms with Gasteiger partial charge in [-0.05, 0) is 73.4 Å². The van der Waals surface area contributed by atoms with Crippen molar-refractivity contribution in [2.24, 2.45) is 0 Å². The number of benzene rings is 3. The smallest absolute Gasteiger partial charge is 0.270 e. The van der Waals surface area contributed by atoms with Crippen molar-refractivity contribution in [1.82, 2.24) is 0 Å². The van der Waals surface area contributed by atoms with Gasteiger partial charge in [0, 0.05) is 5.69 Å². The number of thioether (sulfide) groups is 1. The summed E-state index contributed by atoms with van der Waals surface area (Å²) in [6.45, 7) is 5.69. The first kappa shape index (κ1) is 25.5. The van der Waals surface area contributed by atoms with Gasteiger partial charge in [0.05, 0.1) is 17.7 Å². The van der Waals surface area contributed by atoms with Crippen LogP contribution >= 0.6 is 24.0 Å². The van der Waals surface area contributed by atoms with Crippen LogP contribution in [0.2, 0.25) is 0 Å². The largest absolute Gasteiger partial charge is 0.493 e. The molecule has 4 rings (SSSR count). The van der Waals surface area contributed by atoms with Gasteiger partial charge in [-0.3, -0.25) is 14.5 Å². The summed E-state index contributed by atoms with van der Waals surface area (Å²) in [7, 11) is 1.53. The van der Waals surface area contributed by atoms with Crippen LogP contribution in [-0.4, -0.2) is 29.9 Å². The number of thiocarbonyl (C=S) groups is 1. The summed E-state index contributed by atoms with van der Waals surface area (Å²) in [5, 5.41) is 2.90. The highest BCUT2D eigenvalue weighted by Gasteiger charge is 2.33. The standard InChI is InChI=1S/C28H26N2O4S2/c1-17-7-5-10-21(13-17)30-27(32)24(36-28(30)35)15-20-11-12-22(23(14-20)33-4)34-16-25(31)29-26-18(2)8-6-9-19(26)3/h5-15H,16H2,1-4H3,(H,29,31)/b24-15-. The number of methoxy groups -OCH3 is 1. The maximum atomic E-state index is 13.1. The third-order valence-electron chi connectivity index (χ3n) is 5.64. The molecule has 0 aliphatic carbocycles. The molecule has 1 saturated heterocycles. The van der Waals surface area contributed by atoms with Gasteiger partial charge >= 0.3 is 0 Å². The normalized spacial score (nSPS) is 14.3. The van der Waals surface area contributed by atoms with E-state index in [2.05, 4.69) is 5.32 Å². The molecule has 0 radical (unpaired) electrons. The Morgan fingerprint density at radius 1 is 1.03 bits per heavy atom. The number of amides is 2. The van der Waals surface area contributed by atoms with Crippen molar-refractivity contribution in [1.29, 1.82) is 0 Å². The summed E-state index contributed by atoms with van der Waals surface area (Å²) in [5.74, 6) is 0.452. The van der Waals surface area contributed by atoms with E-state index in [1.165, 1.54) is 18.9 Å². The molecule has 1 fully saturated rings. The minimum Gasteiger partial charge on any atom is -0.493 e. The number of carbonyl (C=O) groups excluding carboxylic acids is 2. The Bertz CT molecular complexity index is 1360. The Balaban J connectivity index is 1.46. The molecule has 0 aromatic heterocycles. The van der Waals surface area contributed by atoms with Crippen molar-refractivity contribution in [3.8, 4) is 11.5 Å². The summed E-state index contributed by atoms with van der Waals surface area (Å²) in [6, 6.07) is 18.8. The molecule has 1 N–H and O–H groups in total. The summed E-state index contributed by atoms with van der Waals surface area (Å²) >= 11 is 6.73. The van der Waals surface area contributed by atoms with E-state index in [9.17, 15) is 9.59 Å². The number of aryl methyl sites for hydroxylation is 3. The highest BCUT2D eigenvalue weighted by molar-refractivity contribution is 8.27. The van der Waals surface area contributed by atoms with Crippen LogP contribution in [0, 0.1) is 20.8 Å². The van der Waals surface area contributed by atoms with Crippen LogP contribution in [0.1, 0.15) is 22.3 Å². The Hall–Kier alpha value is -3.62. The molecule has 0 saturated carbocycles. The van der Waals surface area contributed by atoms with Gasteiger partial charge in [-0.1, -0.05) is 60.4 Å². The minimum absolute atomic E-state index is 0.168. The van der Waals surface area contributed by atoms with Crippen LogP contribution in [0.15, 0.2) is 65.6 Å². The molecule has 3 aromatic carbocycles. The number of ether oxygens (including phenoxy) is 2. The average Bonchev–Trinajstić information content (AvgIpc) is 3.13. The Labute approximate surface area is 220 Å². The second-order valence-electron chi connectivity index (χ2n) is 8.37. The molecular formula is C28H26N2O4S2. The zero-order valence-corrected chi connectivity index (χ0v) is 22.1. The van der Waals surface area contributed by atoms with Crippen LogP contribution in [0.3, 0.4) is 0 Å². The van der Waals surface area contributed by atoms with Crippen LogP contribution in [0.5, 0.6) is 11.5 Å². The predicted octanol–water partition coefficient (Wildman–Crippen LogP) is 6.04. The number of anilines is 2. The molecule has 1 aliphatic rings.